The van der Waals surface area contributed by atoms with Crippen molar-refractivity contribution >= 4 is 38.9 Å². The van der Waals surface area contributed by atoms with Gasteiger partial charge in [-0.25, -0.2) is 17.5 Å². The second-order valence-electron chi connectivity index (χ2n) is 9.74. The van der Waals surface area contributed by atoms with Gasteiger partial charge in [0.2, 0.25) is 15.9 Å². The van der Waals surface area contributed by atoms with Crippen molar-refractivity contribution in [3.8, 4) is 10.4 Å². The third-order valence-corrected chi connectivity index (χ3v) is 9.72. The highest BCUT2D eigenvalue weighted by atomic mass is 32.2. The number of esters is 1. The zero-order valence-electron chi connectivity index (χ0n) is 20.6. The van der Waals surface area contributed by atoms with Gasteiger partial charge in [0.1, 0.15) is 4.88 Å². The first-order valence-electron chi connectivity index (χ1n) is 12.2. The highest BCUT2D eigenvalue weighted by molar-refractivity contribution is 7.88. The number of hydrogen-bond donors (Lipinski definition) is 0. The maximum atomic E-state index is 14.0. The van der Waals surface area contributed by atoms with E-state index in [4.69, 9.17) is 4.74 Å². The van der Waals surface area contributed by atoms with Crippen LogP contribution in [0, 0.1) is 11.8 Å². The zero-order valence-corrected chi connectivity index (χ0v) is 22.2. The Kier molecular flexibility index (Phi) is 7.98. The molecule has 0 atom stereocenters. The molecule has 0 N–H and O–H groups in total. The molecule has 2 aliphatic rings. The molecule has 2 aromatic rings. The molecular weight excluding hydrogens is 484 g/mol. The molecule has 0 radical (unpaired) electrons. The summed E-state index contributed by atoms with van der Waals surface area (Å²) in [6.45, 7) is 2.94. The van der Waals surface area contributed by atoms with Gasteiger partial charge in [0, 0.05) is 29.9 Å². The summed E-state index contributed by atoms with van der Waals surface area (Å²) >= 11 is 1.33. The second kappa shape index (κ2) is 10.8. The van der Waals surface area contributed by atoms with Crippen LogP contribution in [-0.2, 0) is 19.6 Å². The molecule has 1 aromatic heterocycles. The quantitative estimate of drug-likeness (QED) is 0.514. The normalized spacial score (nSPS) is 22.0. The molecule has 9 heteroatoms. The molecule has 0 unspecified atom stereocenters. The Balaban J connectivity index is 1.73. The Morgan fingerprint density at radius 1 is 1.03 bits per heavy atom. The molecule has 1 amide bonds. The number of carbonyl (C=O) groups is 2. The fourth-order valence-corrected chi connectivity index (χ4v) is 7.12. The Hall–Kier alpha value is -2.23. The highest BCUT2D eigenvalue weighted by Crippen LogP contribution is 2.41. The van der Waals surface area contributed by atoms with Crippen LogP contribution < -0.4 is 4.90 Å². The molecule has 0 spiro atoms. The van der Waals surface area contributed by atoms with E-state index in [1.807, 2.05) is 41.3 Å². The molecule has 1 aliphatic carbocycles. The van der Waals surface area contributed by atoms with Crippen molar-refractivity contribution in [2.45, 2.75) is 51.5 Å². The molecular formula is C26H34N2O5S2. The maximum Gasteiger partial charge on any atom is 0.350 e. The van der Waals surface area contributed by atoms with E-state index in [0.717, 1.165) is 36.1 Å². The number of sulfonamides is 1. The minimum Gasteiger partial charge on any atom is -0.465 e. The van der Waals surface area contributed by atoms with Gasteiger partial charge in [-0.1, -0.05) is 37.3 Å². The molecule has 1 aromatic carbocycles. The van der Waals surface area contributed by atoms with Crippen molar-refractivity contribution in [1.82, 2.24) is 4.31 Å². The van der Waals surface area contributed by atoms with Crippen LogP contribution in [0.5, 0.6) is 0 Å². The van der Waals surface area contributed by atoms with Crippen LogP contribution >= 0.6 is 11.3 Å². The van der Waals surface area contributed by atoms with Crippen LogP contribution in [0.25, 0.3) is 10.4 Å². The third kappa shape index (κ3) is 5.78. The van der Waals surface area contributed by atoms with Gasteiger partial charge < -0.3 is 9.64 Å². The summed E-state index contributed by atoms with van der Waals surface area (Å²) < 4.78 is 30.7. The summed E-state index contributed by atoms with van der Waals surface area (Å²) in [5.41, 5.74) is 1.56. The number of nitrogens with zero attached hydrogens (tertiary/aromatic N) is 2. The Bertz CT molecular complexity index is 1150. The van der Waals surface area contributed by atoms with Crippen LogP contribution in [0.2, 0.25) is 0 Å². The summed E-state index contributed by atoms with van der Waals surface area (Å²) in [6, 6.07) is 11.5. The topological polar surface area (TPSA) is 84.0 Å². The summed E-state index contributed by atoms with van der Waals surface area (Å²) in [6.07, 6.45) is 5.97. The zero-order chi connectivity index (χ0) is 25.2. The van der Waals surface area contributed by atoms with Gasteiger partial charge in [-0.15, -0.1) is 11.3 Å². The Morgan fingerprint density at radius 3 is 2.23 bits per heavy atom. The van der Waals surface area contributed by atoms with E-state index in [1.54, 1.807) is 0 Å². The molecule has 1 saturated heterocycles. The number of carbonyl (C=O) groups excluding carboxylic acids is 2. The van der Waals surface area contributed by atoms with Gasteiger partial charge in [0.15, 0.2) is 0 Å². The molecule has 190 valence electrons. The number of rotatable bonds is 6. The van der Waals surface area contributed by atoms with Crippen LogP contribution in [-0.4, -0.2) is 57.1 Å². The first-order valence-corrected chi connectivity index (χ1v) is 14.9. The van der Waals surface area contributed by atoms with Gasteiger partial charge in [0.05, 0.1) is 19.1 Å². The maximum absolute atomic E-state index is 14.0. The lowest BCUT2D eigenvalue weighted by Gasteiger charge is -2.40. The van der Waals surface area contributed by atoms with Crippen molar-refractivity contribution in [3.63, 3.8) is 0 Å². The number of amides is 1. The van der Waals surface area contributed by atoms with E-state index in [1.165, 1.54) is 29.0 Å². The van der Waals surface area contributed by atoms with E-state index in [0.29, 0.717) is 42.4 Å². The molecule has 1 aliphatic heterocycles. The number of piperidine rings is 1. The SMILES string of the molecule is COC(=O)c1sc(-c2ccccc2)cc1N(C(=O)C1CCC(C)CC1)C1CCN(S(C)(=O)=O)CC1. The molecule has 0 bridgehead atoms. The minimum absolute atomic E-state index is 0.0391. The van der Waals surface area contributed by atoms with Gasteiger partial charge in [-0.2, -0.15) is 0 Å². The molecule has 2 fully saturated rings. The van der Waals surface area contributed by atoms with E-state index in [2.05, 4.69) is 6.92 Å². The molecule has 7 nitrogen and oxygen atoms in total. The number of anilines is 1. The van der Waals surface area contributed by atoms with Crippen LogP contribution in [0.4, 0.5) is 5.69 Å². The smallest absolute Gasteiger partial charge is 0.350 e. The number of thiophene rings is 1. The summed E-state index contributed by atoms with van der Waals surface area (Å²) in [5.74, 6) is 0.0970. The van der Waals surface area contributed by atoms with Gasteiger partial charge in [-0.05, 0) is 56.1 Å². The van der Waals surface area contributed by atoms with Crippen molar-refractivity contribution < 1.29 is 22.7 Å². The van der Waals surface area contributed by atoms with Crippen molar-refractivity contribution in [1.29, 1.82) is 0 Å². The fourth-order valence-electron chi connectivity index (χ4n) is 5.18. The van der Waals surface area contributed by atoms with E-state index in [-0.39, 0.29) is 17.9 Å². The highest BCUT2D eigenvalue weighted by Gasteiger charge is 2.38. The van der Waals surface area contributed by atoms with E-state index < -0.39 is 16.0 Å². The molecule has 35 heavy (non-hydrogen) atoms. The van der Waals surface area contributed by atoms with Crippen LogP contribution in [0.1, 0.15) is 55.1 Å². The Morgan fingerprint density at radius 2 is 1.66 bits per heavy atom. The number of benzene rings is 1. The first-order chi connectivity index (χ1) is 16.7. The molecule has 2 heterocycles. The predicted octanol–water partition coefficient (Wildman–Crippen LogP) is 4.79. The lowest BCUT2D eigenvalue weighted by Crippen LogP contribution is -2.51. The standard InChI is InChI=1S/C26H34N2O5S2/c1-18-9-11-20(12-10-18)25(29)28(21-13-15-27(16-14-21)35(3,31)32)22-17-23(19-7-5-4-6-8-19)34-24(22)26(30)33-2/h4-8,17-18,20-21H,9-16H2,1-3H3. The van der Waals surface area contributed by atoms with E-state index >= 15 is 0 Å². The predicted molar refractivity (Wildman–Crippen MR) is 139 cm³/mol. The van der Waals surface area contributed by atoms with E-state index in [9.17, 15) is 18.0 Å². The fraction of sp³-hybridized carbons (Fsp3) is 0.538. The number of hydrogen-bond acceptors (Lipinski definition) is 6. The summed E-state index contributed by atoms with van der Waals surface area (Å²) in [5, 5.41) is 0. The monoisotopic (exact) mass is 518 g/mol. The van der Waals surface area contributed by atoms with Crippen molar-refractivity contribution in [2.75, 3.05) is 31.4 Å². The summed E-state index contributed by atoms with van der Waals surface area (Å²) in [4.78, 5) is 30.0. The molecule has 1 saturated carbocycles. The lowest BCUT2D eigenvalue weighted by molar-refractivity contribution is -0.124. The largest absolute Gasteiger partial charge is 0.465 e. The first kappa shape index (κ1) is 25.9. The number of ether oxygens (including phenoxy) is 1. The van der Waals surface area contributed by atoms with Crippen LogP contribution in [0.3, 0.4) is 0 Å². The van der Waals surface area contributed by atoms with Crippen molar-refractivity contribution in [2.24, 2.45) is 11.8 Å². The average Bonchev–Trinajstić information content (AvgIpc) is 3.29. The third-order valence-electron chi connectivity index (χ3n) is 7.26. The second-order valence-corrected chi connectivity index (χ2v) is 12.8. The van der Waals surface area contributed by atoms with Gasteiger partial charge >= 0.3 is 5.97 Å². The van der Waals surface area contributed by atoms with Gasteiger partial charge in [-0.3, -0.25) is 4.79 Å². The van der Waals surface area contributed by atoms with Crippen LogP contribution in [0.15, 0.2) is 36.4 Å². The van der Waals surface area contributed by atoms with Gasteiger partial charge in [0.25, 0.3) is 0 Å². The Labute approximate surface area is 212 Å². The summed E-state index contributed by atoms with van der Waals surface area (Å²) in [7, 11) is -1.93. The minimum atomic E-state index is -3.29. The average molecular weight is 519 g/mol. The van der Waals surface area contributed by atoms with Crippen molar-refractivity contribution in [3.05, 3.63) is 41.3 Å². The molecule has 4 rings (SSSR count). The lowest BCUT2D eigenvalue weighted by atomic mass is 9.82. The number of methoxy groups -OCH3 is 1.